The van der Waals surface area contributed by atoms with Crippen LogP contribution in [-0.2, 0) is 19.1 Å². The maximum absolute atomic E-state index is 14.4. The molecule has 10 nitrogen and oxygen atoms in total. The van der Waals surface area contributed by atoms with Crippen LogP contribution in [-0.4, -0.2) is 52.6 Å². The predicted octanol–water partition coefficient (Wildman–Crippen LogP) is 10.6. The summed E-state index contributed by atoms with van der Waals surface area (Å²) in [6.07, 6.45) is 20.9. The molecule has 1 unspecified atom stereocenters. The standard InChI is InChI=1S/C55H78N4O6/c1-13-39-34(7)41-29-46-48(38(11)60)36(9)43(57-46)27-42-35(8)40(52(58-42)50-51(55(63)64-12)54(62)49-37(10)44(59-53(49)50)28-45(39)56-41)23-24-47(61)65-26-25-33(6)22-16-21-32(5)20-15-19-31(4)18-14-17-30(2)3/h25,27-32,34-35,40,51-52,56-60H,11,13-24,26H2,1-10,12H3/b33-25+,41-29-,42-27-,44-28-/t31-,32-,34-,35+,40+,51-,52?/m1/s1. The van der Waals surface area contributed by atoms with Gasteiger partial charge in [-0.05, 0) is 117 Å². The van der Waals surface area contributed by atoms with Gasteiger partial charge in [0, 0.05) is 57.5 Å². The summed E-state index contributed by atoms with van der Waals surface area (Å²) in [6.45, 7) is 26.0. The Morgan fingerprint density at radius 2 is 1.55 bits per heavy atom. The molecule has 0 radical (unpaired) electrons. The summed E-state index contributed by atoms with van der Waals surface area (Å²) in [7, 11) is 1.32. The van der Waals surface area contributed by atoms with Crippen LogP contribution in [0.25, 0.3) is 29.6 Å². The number of aliphatic hydroxyl groups is 1. The normalized spacial score (nSPS) is 24.5. The van der Waals surface area contributed by atoms with Crippen LogP contribution >= 0.6 is 0 Å². The highest BCUT2D eigenvalue weighted by molar-refractivity contribution is 6.19. The highest BCUT2D eigenvalue weighted by Crippen LogP contribution is 2.43. The van der Waals surface area contributed by atoms with E-state index in [2.05, 4.69) is 94.7 Å². The van der Waals surface area contributed by atoms with E-state index < -0.39 is 17.9 Å². The van der Waals surface area contributed by atoms with Crippen LogP contribution in [0.4, 0.5) is 0 Å². The summed E-state index contributed by atoms with van der Waals surface area (Å²) in [6, 6.07) is -0.483. The molecule has 0 spiro atoms. The number of esters is 2. The summed E-state index contributed by atoms with van der Waals surface area (Å²) in [5, 5.41) is 19.7. The number of aromatic nitrogens is 2. The number of H-pyrrole nitrogens is 2. The first-order valence-corrected chi connectivity index (χ1v) is 24.6. The fourth-order valence-electron chi connectivity index (χ4n) is 10.9. The van der Waals surface area contributed by atoms with E-state index in [-0.39, 0.29) is 48.3 Å². The Morgan fingerprint density at radius 1 is 0.892 bits per heavy atom. The van der Waals surface area contributed by atoms with Crippen LogP contribution in [0.1, 0.15) is 171 Å². The van der Waals surface area contributed by atoms with Gasteiger partial charge in [-0.2, -0.15) is 0 Å². The number of aromatic amines is 2. The minimum Gasteiger partial charge on any atom is -0.508 e. The number of methoxy groups -OCH3 is 1. The molecule has 6 rings (SSSR count). The summed E-state index contributed by atoms with van der Waals surface area (Å²) in [5.74, 6) is -0.252. The lowest BCUT2D eigenvalue weighted by Gasteiger charge is -2.25. The molecule has 5 heterocycles. The Labute approximate surface area is 388 Å². The number of rotatable bonds is 20. The quantitative estimate of drug-likeness (QED) is 0.0382. The first kappa shape index (κ1) is 49.4. The van der Waals surface area contributed by atoms with Gasteiger partial charge in [-0.25, -0.2) is 0 Å². The molecule has 0 aromatic carbocycles. The monoisotopic (exact) mass is 891 g/mol. The fraction of sp³-hybridized carbons (Fsp3) is 0.582. The third-order valence-electron chi connectivity index (χ3n) is 15.0. The van der Waals surface area contributed by atoms with Crippen molar-refractivity contribution in [1.82, 2.24) is 20.6 Å². The van der Waals surface area contributed by atoms with Gasteiger partial charge in [-0.15, -0.1) is 0 Å². The van der Waals surface area contributed by atoms with Crippen molar-refractivity contribution in [3.05, 3.63) is 85.2 Å². The zero-order valence-electron chi connectivity index (χ0n) is 41.3. The van der Waals surface area contributed by atoms with E-state index in [1.807, 2.05) is 26.0 Å². The Kier molecular flexibility index (Phi) is 16.4. The van der Waals surface area contributed by atoms with E-state index in [1.54, 1.807) is 0 Å². The van der Waals surface area contributed by atoms with E-state index in [0.717, 1.165) is 76.1 Å². The van der Waals surface area contributed by atoms with Crippen LogP contribution in [0.5, 0.6) is 0 Å². The molecular weight excluding hydrogens is 813 g/mol. The highest BCUT2D eigenvalue weighted by atomic mass is 16.5. The molecule has 1 saturated heterocycles. The molecule has 5 N–H and O–H groups in total. The number of nitrogens with one attached hydrogen (secondary N) is 4. The zero-order valence-corrected chi connectivity index (χ0v) is 41.3. The van der Waals surface area contributed by atoms with Crippen molar-refractivity contribution >= 4 is 47.3 Å². The molecule has 65 heavy (non-hydrogen) atoms. The lowest BCUT2D eigenvalue weighted by Crippen LogP contribution is -2.38. The fourth-order valence-corrected chi connectivity index (χ4v) is 10.9. The number of carbonyl (C=O) groups is 3. The Bertz CT molecular complexity index is 2380. The number of fused-ring (bicyclic) bond motifs is 8. The van der Waals surface area contributed by atoms with E-state index in [4.69, 9.17) is 9.47 Å². The molecule has 3 aliphatic heterocycles. The van der Waals surface area contributed by atoms with Crippen LogP contribution in [0, 0.1) is 55.3 Å². The molecule has 0 amide bonds. The third-order valence-corrected chi connectivity index (χ3v) is 15.0. The molecule has 10 heteroatoms. The lowest BCUT2D eigenvalue weighted by molar-refractivity contribution is -0.143. The molecule has 2 aromatic heterocycles. The smallest absolute Gasteiger partial charge is 0.320 e. The molecule has 7 atom stereocenters. The van der Waals surface area contributed by atoms with Gasteiger partial charge in [0.15, 0.2) is 5.78 Å². The van der Waals surface area contributed by atoms with E-state index >= 15 is 0 Å². The Morgan fingerprint density at radius 3 is 2.20 bits per heavy atom. The Balaban J connectivity index is 1.21. The minimum atomic E-state index is -1.14. The highest BCUT2D eigenvalue weighted by Gasteiger charge is 2.49. The van der Waals surface area contributed by atoms with Crippen LogP contribution in [0.2, 0.25) is 0 Å². The summed E-state index contributed by atoms with van der Waals surface area (Å²) < 4.78 is 11.1. The predicted molar refractivity (Wildman–Crippen MR) is 263 cm³/mol. The molecule has 4 aliphatic rings. The van der Waals surface area contributed by atoms with Crippen LogP contribution in [0.3, 0.4) is 0 Å². The van der Waals surface area contributed by atoms with Crippen molar-refractivity contribution in [3.63, 3.8) is 0 Å². The molecule has 1 aliphatic carbocycles. The van der Waals surface area contributed by atoms with Crippen molar-refractivity contribution < 1.29 is 29.0 Å². The number of ether oxygens (including phenoxy) is 2. The van der Waals surface area contributed by atoms with Crippen LogP contribution < -0.4 is 21.3 Å². The second kappa shape index (κ2) is 21.5. The number of hydrogen-bond donors (Lipinski definition) is 5. The molecule has 0 saturated carbocycles. The number of Topliss-reactive ketones (excluding diaryl/α,β-unsaturated/α-hetero) is 1. The molecule has 1 fully saturated rings. The molecule has 8 bridgehead atoms. The van der Waals surface area contributed by atoms with E-state index in [1.165, 1.54) is 63.2 Å². The van der Waals surface area contributed by atoms with Gasteiger partial charge >= 0.3 is 11.9 Å². The van der Waals surface area contributed by atoms with Crippen LogP contribution in [0.15, 0.2) is 40.9 Å². The first-order chi connectivity index (χ1) is 30.9. The second-order valence-electron chi connectivity index (χ2n) is 20.3. The van der Waals surface area contributed by atoms with Crippen molar-refractivity contribution in [3.8, 4) is 0 Å². The number of hydrogen-bond acceptors (Lipinski definition) is 8. The van der Waals surface area contributed by atoms with E-state index in [0.29, 0.717) is 34.4 Å². The SMILES string of the molecule is C=C(O)c1c2[nH]c(c1C)/C=C1\NC(C3=c4[nH]/c(c(C)c4C(=O)[C@@H]3C(=O)OC)=C\C3=C(CC)[C@@H](C)/C(=C/2)N3)[C@@H](CCC(=O)OC/C=C(\C)CCC[C@H](C)CCC[C@H](C)CCCC(C)C)[C@@H]1C. The molecule has 354 valence electrons. The lowest BCUT2D eigenvalue weighted by atomic mass is 9.80. The van der Waals surface area contributed by atoms with E-state index in [9.17, 15) is 19.5 Å². The zero-order chi connectivity index (χ0) is 47.3. The molecule has 2 aromatic rings. The largest absolute Gasteiger partial charge is 0.508 e. The average Bonchev–Trinajstić information content (AvgIpc) is 4.00. The third kappa shape index (κ3) is 11.0. The second-order valence-corrected chi connectivity index (χ2v) is 20.3. The van der Waals surface area contributed by atoms with Gasteiger partial charge in [0.25, 0.3) is 0 Å². The summed E-state index contributed by atoms with van der Waals surface area (Å²) in [4.78, 5) is 48.7. The number of carbonyl (C=O) groups excluding carboxylic acids is 3. The van der Waals surface area contributed by atoms with Gasteiger partial charge in [0.05, 0.1) is 24.2 Å². The van der Waals surface area contributed by atoms with Gasteiger partial charge < -0.3 is 35.2 Å². The topological polar surface area (TPSA) is 146 Å². The van der Waals surface area contributed by atoms with Crippen molar-refractivity contribution in [2.45, 2.75) is 152 Å². The average molecular weight is 891 g/mol. The number of allylic oxidation sites excluding steroid dienone is 4. The summed E-state index contributed by atoms with van der Waals surface area (Å²) in [5.41, 5.74) is 10.2. The van der Waals surface area contributed by atoms with Crippen molar-refractivity contribution in [2.24, 2.45) is 41.4 Å². The summed E-state index contributed by atoms with van der Waals surface area (Å²) >= 11 is 0. The molecular formula is C55H78N4O6. The van der Waals surface area contributed by atoms with Crippen molar-refractivity contribution in [1.29, 1.82) is 0 Å². The van der Waals surface area contributed by atoms with Gasteiger partial charge in [0.1, 0.15) is 18.3 Å². The van der Waals surface area contributed by atoms with Crippen molar-refractivity contribution in [2.75, 3.05) is 13.7 Å². The van der Waals surface area contributed by atoms with Gasteiger partial charge in [-0.3, -0.25) is 14.4 Å². The first-order valence-electron chi connectivity index (χ1n) is 24.6. The maximum atomic E-state index is 14.4. The number of ketones is 1. The van der Waals surface area contributed by atoms with Gasteiger partial charge in [0.2, 0.25) is 0 Å². The minimum absolute atomic E-state index is 0.0307. The maximum Gasteiger partial charge on any atom is 0.320 e. The Hall–Kier alpha value is -4.99. The van der Waals surface area contributed by atoms with Gasteiger partial charge in [-0.1, -0.05) is 106 Å². The number of aliphatic hydroxyl groups excluding tert-OH is 1.